The molecule has 0 unspecified atom stereocenters. The van der Waals surface area contributed by atoms with Crippen molar-refractivity contribution >= 4 is 0 Å². The van der Waals surface area contributed by atoms with Crippen LogP contribution in [-0.4, -0.2) is 0 Å². The SMILES string of the molecule is Fc1cc(C2CCC(CCC3CCCCC3)CC2)cc(F)c1F. The maximum atomic E-state index is 13.4. The molecule has 0 amide bonds. The van der Waals surface area contributed by atoms with Crippen molar-refractivity contribution in [2.45, 2.75) is 76.5 Å². The third kappa shape index (κ3) is 4.30. The topological polar surface area (TPSA) is 0 Å². The van der Waals surface area contributed by atoms with Gasteiger partial charge in [-0.05, 0) is 61.1 Å². The molecule has 23 heavy (non-hydrogen) atoms. The largest absolute Gasteiger partial charge is 0.204 e. The molecular weight excluding hydrogens is 297 g/mol. The summed E-state index contributed by atoms with van der Waals surface area (Å²) in [6, 6.07) is 2.37. The summed E-state index contributed by atoms with van der Waals surface area (Å²) in [6.07, 6.45) is 13.9. The molecule has 2 aliphatic carbocycles. The zero-order valence-electron chi connectivity index (χ0n) is 13.8. The molecule has 2 fully saturated rings. The molecule has 2 saturated carbocycles. The molecular formula is C20H27F3. The Hall–Kier alpha value is -0.990. The highest BCUT2D eigenvalue weighted by Crippen LogP contribution is 2.39. The van der Waals surface area contributed by atoms with E-state index in [1.807, 2.05) is 0 Å². The van der Waals surface area contributed by atoms with Crippen molar-refractivity contribution in [2.24, 2.45) is 11.8 Å². The third-order valence-electron chi connectivity index (χ3n) is 6.03. The van der Waals surface area contributed by atoms with Gasteiger partial charge in [-0.1, -0.05) is 44.9 Å². The highest BCUT2D eigenvalue weighted by Gasteiger charge is 2.25. The molecule has 0 nitrogen and oxygen atoms in total. The average molecular weight is 324 g/mol. The maximum absolute atomic E-state index is 13.4. The second-order valence-corrected chi connectivity index (χ2v) is 7.60. The van der Waals surface area contributed by atoms with Crippen molar-refractivity contribution < 1.29 is 13.2 Å². The van der Waals surface area contributed by atoms with Gasteiger partial charge in [0.25, 0.3) is 0 Å². The summed E-state index contributed by atoms with van der Waals surface area (Å²) in [6.45, 7) is 0. The maximum Gasteiger partial charge on any atom is 0.194 e. The van der Waals surface area contributed by atoms with Crippen molar-refractivity contribution in [1.82, 2.24) is 0 Å². The van der Waals surface area contributed by atoms with Gasteiger partial charge < -0.3 is 0 Å². The van der Waals surface area contributed by atoms with E-state index in [9.17, 15) is 13.2 Å². The van der Waals surface area contributed by atoms with E-state index in [0.29, 0.717) is 5.56 Å². The number of hydrogen-bond donors (Lipinski definition) is 0. The lowest BCUT2D eigenvalue weighted by atomic mass is 9.75. The minimum Gasteiger partial charge on any atom is -0.204 e. The Labute approximate surface area is 137 Å². The zero-order chi connectivity index (χ0) is 16.2. The smallest absolute Gasteiger partial charge is 0.194 e. The van der Waals surface area contributed by atoms with E-state index < -0.39 is 17.5 Å². The Kier molecular flexibility index (Phi) is 5.66. The van der Waals surface area contributed by atoms with Gasteiger partial charge in [0.2, 0.25) is 0 Å². The minimum absolute atomic E-state index is 0.186. The molecule has 0 aromatic heterocycles. The van der Waals surface area contributed by atoms with Crippen LogP contribution in [0.4, 0.5) is 13.2 Å². The van der Waals surface area contributed by atoms with Gasteiger partial charge in [-0.25, -0.2) is 13.2 Å². The Bertz CT molecular complexity index is 489. The van der Waals surface area contributed by atoms with Crippen LogP contribution in [0.2, 0.25) is 0 Å². The second kappa shape index (κ2) is 7.72. The Morgan fingerprint density at radius 2 is 1.22 bits per heavy atom. The molecule has 0 saturated heterocycles. The zero-order valence-corrected chi connectivity index (χ0v) is 13.8. The molecule has 0 heterocycles. The summed E-state index contributed by atoms with van der Waals surface area (Å²) in [5.41, 5.74) is 0.632. The first-order chi connectivity index (χ1) is 11.1. The molecule has 3 rings (SSSR count). The van der Waals surface area contributed by atoms with Crippen LogP contribution in [0.25, 0.3) is 0 Å². The summed E-state index contributed by atoms with van der Waals surface area (Å²) >= 11 is 0. The Balaban J connectivity index is 1.48. The van der Waals surface area contributed by atoms with Crippen LogP contribution in [0.5, 0.6) is 0 Å². The molecule has 0 aliphatic heterocycles. The molecule has 1 aromatic carbocycles. The predicted octanol–water partition coefficient (Wildman–Crippen LogP) is 6.74. The summed E-state index contributed by atoms with van der Waals surface area (Å²) < 4.78 is 39.8. The molecule has 1 aromatic rings. The van der Waals surface area contributed by atoms with E-state index in [2.05, 4.69) is 0 Å². The van der Waals surface area contributed by atoms with Gasteiger partial charge in [0.1, 0.15) is 0 Å². The molecule has 0 bridgehead atoms. The summed E-state index contributed by atoms with van der Waals surface area (Å²) in [5, 5.41) is 0. The summed E-state index contributed by atoms with van der Waals surface area (Å²) in [5.74, 6) is -1.58. The van der Waals surface area contributed by atoms with Crippen LogP contribution in [0.3, 0.4) is 0 Å². The highest BCUT2D eigenvalue weighted by molar-refractivity contribution is 5.23. The molecule has 0 spiro atoms. The molecule has 2 aliphatic rings. The molecule has 0 atom stereocenters. The van der Waals surface area contributed by atoms with Crippen molar-refractivity contribution in [1.29, 1.82) is 0 Å². The van der Waals surface area contributed by atoms with E-state index in [1.165, 1.54) is 57.1 Å². The van der Waals surface area contributed by atoms with Crippen molar-refractivity contribution in [3.05, 3.63) is 35.1 Å². The Morgan fingerprint density at radius 3 is 1.78 bits per heavy atom. The quantitative estimate of drug-likeness (QED) is 0.538. The minimum atomic E-state index is -1.35. The van der Waals surface area contributed by atoms with Gasteiger partial charge in [-0.15, -0.1) is 0 Å². The van der Waals surface area contributed by atoms with Crippen LogP contribution in [0.1, 0.15) is 82.1 Å². The van der Waals surface area contributed by atoms with Gasteiger partial charge in [0, 0.05) is 0 Å². The first-order valence-corrected chi connectivity index (χ1v) is 9.28. The van der Waals surface area contributed by atoms with E-state index >= 15 is 0 Å². The average Bonchev–Trinajstić information content (AvgIpc) is 2.59. The first-order valence-electron chi connectivity index (χ1n) is 9.28. The number of benzene rings is 1. The Morgan fingerprint density at radius 1 is 0.696 bits per heavy atom. The van der Waals surface area contributed by atoms with Crippen molar-refractivity contribution in [3.8, 4) is 0 Å². The van der Waals surface area contributed by atoms with Crippen molar-refractivity contribution in [2.75, 3.05) is 0 Å². The van der Waals surface area contributed by atoms with Gasteiger partial charge in [-0.2, -0.15) is 0 Å². The number of rotatable bonds is 4. The molecule has 3 heteroatoms. The predicted molar refractivity (Wildman–Crippen MR) is 86.8 cm³/mol. The van der Waals surface area contributed by atoms with Gasteiger partial charge in [-0.3, -0.25) is 0 Å². The monoisotopic (exact) mass is 324 g/mol. The van der Waals surface area contributed by atoms with Crippen LogP contribution < -0.4 is 0 Å². The van der Waals surface area contributed by atoms with Crippen LogP contribution in [-0.2, 0) is 0 Å². The fourth-order valence-electron chi connectivity index (χ4n) is 4.54. The van der Waals surface area contributed by atoms with Gasteiger partial charge >= 0.3 is 0 Å². The summed E-state index contributed by atoms with van der Waals surface area (Å²) in [7, 11) is 0. The van der Waals surface area contributed by atoms with Gasteiger partial charge in [0.15, 0.2) is 17.5 Å². The molecule has 0 radical (unpaired) electrons. The third-order valence-corrected chi connectivity index (χ3v) is 6.03. The summed E-state index contributed by atoms with van der Waals surface area (Å²) in [4.78, 5) is 0. The first kappa shape index (κ1) is 16.9. The molecule has 0 N–H and O–H groups in total. The van der Waals surface area contributed by atoms with E-state index in [0.717, 1.165) is 37.5 Å². The van der Waals surface area contributed by atoms with E-state index in [-0.39, 0.29) is 5.92 Å². The lowest BCUT2D eigenvalue weighted by Gasteiger charge is -2.30. The van der Waals surface area contributed by atoms with Gasteiger partial charge in [0.05, 0.1) is 0 Å². The number of hydrogen-bond acceptors (Lipinski definition) is 0. The lowest BCUT2D eigenvalue weighted by molar-refractivity contribution is 0.260. The molecule has 128 valence electrons. The van der Waals surface area contributed by atoms with E-state index in [4.69, 9.17) is 0 Å². The van der Waals surface area contributed by atoms with Crippen LogP contribution in [0, 0.1) is 29.3 Å². The normalized spacial score (nSPS) is 26.4. The highest BCUT2D eigenvalue weighted by atomic mass is 19.2. The van der Waals surface area contributed by atoms with Crippen molar-refractivity contribution in [3.63, 3.8) is 0 Å². The fraction of sp³-hybridized carbons (Fsp3) is 0.700. The van der Waals surface area contributed by atoms with E-state index in [1.54, 1.807) is 0 Å². The van der Waals surface area contributed by atoms with Crippen LogP contribution >= 0.6 is 0 Å². The fourth-order valence-corrected chi connectivity index (χ4v) is 4.54. The lowest BCUT2D eigenvalue weighted by Crippen LogP contribution is -2.16. The number of halogens is 3. The second-order valence-electron chi connectivity index (χ2n) is 7.60. The van der Waals surface area contributed by atoms with Crippen LogP contribution in [0.15, 0.2) is 12.1 Å². The standard InChI is InChI=1S/C20H27F3/c21-18-12-17(13-19(22)20(18)23)16-10-8-15(9-11-16)7-6-14-4-2-1-3-5-14/h12-16H,1-11H2.